The van der Waals surface area contributed by atoms with Crippen molar-refractivity contribution in [1.29, 1.82) is 0 Å². The molecule has 2 nitrogen and oxygen atoms in total. The maximum absolute atomic E-state index is 6.10. The van der Waals surface area contributed by atoms with E-state index in [1.165, 1.54) is 11.1 Å². The number of hydrogen-bond donors (Lipinski definition) is 1. The number of thioether (sulfide) groups is 1. The Kier molecular flexibility index (Phi) is 6.63. The predicted molar refractivity (Wildman–Crippen MR) is 76.5 cm³/mol. The standard InChI is InChI=1S/C14H23NOS/c1-11-7-4-5-8-13(11)14(12(2)15)17-10-6-9-16-3/h4-5,7-8,12,14H,6,9-10,15H2,1-3H3. The molecule has 17 heavy (non-hydrogen) atoms. The van der Waals surface area contributed by atoms with Crippen molar-refractivity contribution in [2.45, 2.75) is 31.6 Å². The monoisotopic (exact) mass is 253 g/mol. The van der Waals surface area contributed by atoms with E-state index in [4.69, 9.17) is 10.5 Å². The van der Waals surface area contributed by atoms with E-state index in [0.29, 0.717) is 5.25 Å². The van der Waals surface area contributed by atoms with Gasteiger partial charge in [-0.05, 0) is 37.1 Å². The van der Waals surface area contributed by atoms with Gasteiger partial charge in [0.15, 0.2) is 0 Å². The first kappa shape index (κ1) is 14.6. The van der Waals surface area contributed by atoms with Gasteiger partial charge in [0, 0.05) is 25.0 Å². The Balaban J connectivity index is 2.63. The van der Waals surface area contributed by atoms with Gasteiger partial charge in [-0.15, -0.1) is 0 Å². The van der Waals surface area contributed by atoms with Crippen LogP contribution in [-0.2, 0) is 4.74 Å². The molecule has 0 heterocycles. The summed E-state index contributed by atoms with van der Waals surface area (Å²) in [5.74, 6) is 1.09. The molecule has 2 atom stereocenters. The molecule has 0 radical (unpaired) electrons. The van der Waals surface area contributed by atoms with Gasteiger partial charge < -0.3 is 10.5 Å². The summed E-state index contributed by atoms with van der Waals surface area (Å²) in [5.41, 5.74) is 8.79. The Morgan fingerprint density at radius 3 is 2.65 bits per heavy atom. The molecule has 2 N–H and O–H groups in total. The Morgan fingerprint density at radius 1 is 1.35 bits per heavy atom. The number of methoxy groups -OCH3 is 1. The van der Waals surface area contributed by atoms with Crippen molar-refractivity contribution >= 4 is 11.8 Å². The normalized spacial score (nSPS) is 14.6. The van der Waals surface area contributed by atoms with Gasteiger partial charge in [0.2, 0.25) is 0 Å². The Hall–Kier alpha value is -0.510. The second-order valence-corrected chi connectivity index (χ2v) is 5.60. The molecule has 0 saturated carbocycles. The van der Waals surface area contributed by atoms with Gasteiger partial charge in [-0.2, -0.15) is 11.8 Å². The minimum absolute atomic E-state index is 0.170. The Bertz CT molecular complexity index is 328. The number of hydrogen-bond acceptors (Lipinski definition) is 3. The molecular weight excluding hydrogens is 230 g/mol. The molecule has 0 amide bonds. The van der Waals surface area contributed by atoms with Crippen LogP contribution in [0.15, 0.2) is 24.3 Å². The van der Waals surface area contributed by atoms with Crippen LogP contribution in [0.3, 0.4) is 0 Å². The van der Waals surface area contributed by atoms with Gasteiger partial charge >= 0.3 is 0 Å². The number of ether oxygens (including phenoxy) is 1. The number of aryl methyl sites for hydroxylation is 1. The zero-order valence-electron chi connectivity index (χ0n) is 11.0. The molecule has 0 aliphatic carbocycles. The lowest BCUT2D eigenvalue weighted by Gasteiger charge is -2.22. The fourth-order valence-electron chi connectivity index (χ4n) is 1.84. The number of rotatable bonds is 7. The SMILES string of the molecule is COCCCSC(c1ccccc1C)C(C)N. The van der Waals surface area contributed by atoms with Crippen molar-refractivity contribution in [2.24, 2.45) is 5.73 Å². The molecule has 2 unspecified atom stereocenters. The van der Waals surface area contributed by atoms with Crippen LogP contribution in [0.25, 0.3) is 0 Å². The molecule has 0 aliphatic heterocycles. The van der Waals surface area contributed by atoms with Crippen LogP contribution >= 0.6 is 11.8 Å². The minimum Gasteiger partial charge on any atom is -0.385 e. The first-order valence-electron chi connectivity index (χ1n) is 6.08. The third-order valence-electron chi connectivity index (χ3n) is 2.76. The fourth-order valence-corrected chi connectivity index (χ4v) is 3.13. The van der Waals surface area contributed by atoms with E-state index in [1.54, 1.807) is 7.11 Å². The molecule has 0 spiro atoms. The summed E-state index contributed by atoms with van der Waals surface area (Å²) in [6.45, 7) is 5.06. The van der Waals surface area contributed by atoms with E-state index in [-0.39, 0.29) is 6.04 Å². The largest absolute Gasteiger partial charge is 0.385 e. The van der Waals surface area contributed by atoms with E-state index in [1.807, 2.05) is 11.8 Å². The van der Waals surface area contributed by atoms with Crippen molar-refractivity contribution in [1.82, 2.24) is 0 Å². The lowest BCUT2D eigenvalue weighted by Crippen LogP contribution is -2.23. The summed E-state index contributed by atoms with van der Waals surface area (Å²) in [7, 11) is 1.75. The molecule has 1 aromatic rings. The molecule has 0 aliphatic rings. The van der Waals surface area contributed by atoms with Gasteiger partial charge in [-0.25, -0.2) is 0 Å². The van der Waals surface area contributed by atoms with Crippen molar-refractivity contribution in [3.05, 3.63) is 35.4 Å². The molecule has 0 fully saturated rings. The van der Waals surface area contributed by atoms with Crippen LogP contribution in [0.4, 0.5) is 0 Å². The molecule has 3 heteroatoms. The van der Waals surface area contributed by atoms with Crippen LogP contribution < -0.4 is 5.73 Å². The zero-order valence-corrected chi connectivity index (χ0v) is 11.8. The molecule has 1 aromatic carbocycles. The van der Waals surface area contributed by atoms with E-state index >= 15 is 0 Å². The highest BCUT2D eigenvalue weighted by Crippen LogP contribution is 2.33. The van der Waals surface area contributed by atoms with Gasteiger partial charge in [0.05, 0.1) is 0 Å². The lowest BCUT2D eigenvalue weighted by molar-refractivity contribution is 0.200. The lowest BCUT2D eigenvalue weighted by atomic mass is 10.0. The summed E-state index contributed by atoms with van der Waals surface area (Å²) in [4.78, 5) is 0. The molecule has 0 bridgehead atoms. The van der Waals surface area contributed by atoms with Crippen molar-refractivity contribution in [3.63, 3.8) is 0 Å². The van der Waals surface area contributed by atoms with Crippen molar-refractivity contribution < 1.29 is 4.74 Å². The maximum atomic E-state index is 6.10. The highest BCUT2D eigenvalue weighted by molar-refractivity contribution is 7.99. The third kappa shape index (κ3) is 4.70. The van der Waals surface area contributed by atoms with Crippen LogP contribution in [0.1, 0.15) is 29.7 Å². The van der Waals surface area contributed by atoms with E-state index in [2.05, 4.69) is 38.1 Å². The highest BCUT2D eigenvalue weighted by Gasteiger charge is 2.17. The van der Waals surface area contributed by atoms with Crippen LogP contribution in [0.2, 0.25) is 0 Å². The number of nitrogens with two attached hydrogens (primary N) is 1. The van der Waals surface area contributed by atoms with Crippen molar-refractivity contribution in [2.75, 3.05) is 19.5 Å². The van der Waals surface area contributed by atoms with E-state index in [0.717, 1.165) is 18.8 Å². The zero-order chi connectivity index (χ0) is 12.7. The predicted octanol–water partition coefficient (Wildman–Crippen LogP) is 3.15. The second kappa shape index (κ2) is 7.75. The Morgan fingerprint density at radius 2 is 2.06 bits per heavy atom. The topological polar surface area (TPSA) is 35.2 Å². The minimum atomic E-state index is 0.170. The second-order valence-electron chi connectivity index (χ2n) is 4.35. The van der Waals surface area contributed by atoms with Gasteiger partial charge in [0.1, 0.15) is 0 Å². The molecule has 1 rings (SSSR count). The summed E-state index contributed by atoms with van der Waals surface area (Å²) in [5, 5.41) is 0.382. The average molecular weight is 253 g/mol. The Labute approximate surface area is 109 Å². The summed E-state index contributed by atoms with van der Waals surface area (Å²) < 4.78 is 5.07. The molecule has 0 aromatic heterocycles. The fraction of sp³-hybridized carbons (Fsp3) is 0.571. The first-order valence-corrected chi connectivity index (χ1v) is 7.13. The maximum Gasteiger partial charge on any atom is 0.0470 e. The van der Waals surface area contributed by atoms with E-state index < -0.39 is 0 Å². The third-order valence-corrected chi connectivity index (χ3v) is 4.33. The first-order chi connectivity index (χ1) is 8.16. The molecule has 96 valence electrons. The molecule has 0 saturated heterocycles. The summed E-state index contributed by atoms with van der Waals surface area (Å²) in [6, 6.07) is 8.68. The van der Waals surface area contributed by atoms with Gasteiger partial charge in [-0.3, -0.25) is 0 Å². The average Bonchev–Trinajstić information content (AvgIpc) is 2.30. The smallest absolute Gasteiger partial charge is 0.0470 e. The van der Waals surface area contributed by atoms with Crippen LogP contribution in [-0.4, -0.2) is 25.5 Å². The number of benzene rings is 1. The summed E-state index contributed by atoms with van der Waals surface area (Å²) in [6.07, 6.45) is 1.08. The van der Waals surface area contributed by atoms with Gasteiger partial charge in [-0.1, -0.05) is 24.3 Å². The quantitative estimate of drug-likeness (QED) is 0.758. The van der Waals surface area contributed by atoms with Gasteiger partial charge in [0.25, 0.3) is 0 Å². The van der Waals surface area contributed by atoms with Crippen LogP contribution in [0.5, 0.6) is 0 Å². The van der Waals surface area contributed by atoms with Crippen LogP contribution in [0, 0.1) is 6.92 Å². The van der Waals surface area contributed by atoms with E-state index in [9.17, 15) is 0 Å². The summed E-state index contributed by atoms with van der Waals surface area (Å²) >= 11 is 1.93. The molecular formula is C14H23NOS. The van der Waals surface area contributed by atoms with Crippen molar-refractivity contribution in [3.8, 4) is 0 Å². The highest BCUT2D eigenvalue weighted by atomic mass is 32.2.